The SMILES string of the molecule is NC1=N[C@@]2(c3cc(NC(=O)c4ncc(F)cc4F)cc(F)c3F)CCC[C@H]2CS1. The first-order valence-corrected chi connectivity index (χ1v) is 9.89. The van der Waals surface area contributed by atoms with Crippen molar-refractivity contribution < 1.29 is 22.4 Å². The molecule has 1 saturated carbocycles. The third-order valence-electron chi connectivity index (χ3n) is 5.30. The highest BCUT2D eigenvalue weighted by atomic mass is 32.2. The maximum atomic E-state index is 14.8. The fraction of sp³-hybridized carbons (Fsp3) is 0.316. The summed E-state index contributed by atoms with van der Waals surface area (Å²) in [5, 5.41) is 2.60. The van der Waals surface area contributed by atoms with E-state index in [1.54, 1.807) is 0 Å². The molecule has 29 heavy (non-hydrogen) atoms. The largest absolute Gasteiger partial charge is 0.379 e. The molecule has 0 bridgehead atoms. The fourth-order valence-electron chi connectivity index (χ4n) is 4.01. The molecule has 0 saturated heterocycles. The summed E-state index contributed by atoms with van der Waals surface area (Å²) in [4.78, 5) is 20.2. The van der Waals surface area contributed by atoms with Crippen molar-refractivity contribution in [3.05, 3.63) is 58.9 Å². The van der Waals surface area contributed by atoms with E-state index in [1.165, 1.54) is 17.8 Å². The van der Waals surface area contributed by atoms with Crippen LogP contribution in [0, 0.1) is 29.2 Å². The summed E-state index contributed by atoms with van der Waals surface area (Å²) < 4.78 is 56.0. The summed E-state index contributed by atoms with van der Waals surface area (Å²) in [6.45, 7) is 0. The molecule has 0 spiro atoms. The van der Waals surface area contributed by atoms with E-state index in [0.717, 1.165) is 18.9 Å². The van der Waals surface area contributed by atoms with Crippen molar-refractivity contribution in [1.29, 1.82) is 0 Å². The Bertz CT molecular complexity index is 1030. The quantitative estimate of drug-likeness (QED) is 0.732. The zero-order chi connectivity index (χ0) is 20.8. The van der Waals surface area contributed by atoms with Crippen molar-refractivity contribution in [2.75, 3.05) is 11.1 Å². The zero-order valence-electron chi connectivity index (χ0n) is 15.0. The van der Waals surface area contributed by atoms with Crippen molar-refractivity contribution in [3.63, 3.8) is 0 Å². The van der Waals surface area contributed by atoms with Crippen LogP contribution in [0.25, 0.3) is 0 Å². The van der Waals surface area contributed by atoms with Crippen molar-refractivity contribution in [2.45, 2.75) is 24.8 Å². The molecule has 1 aliphatic carbocycles. The number of anilines is 1. The van der Waals surface area contributed by atoms with E-state index in [1.807, 2.05) is 0 Å². The highest BCUT2D eigenvalue weighted by molar-refractivity contribution is 8.13. The van der Waals surface area contributed by atoms with Crippen molar-refractivity contribution in [1.82, 2.24) is 4.98 Å². The number of carbonyl (C=O) groups excluding carboxylic acids is 1. The zero-order valence-corrected chi connectivity index (χ0v) is 15.8. The number of amidine groups is 1. The lowest BCUT2D eigenvalue weighted by atomic mass is 9.81. The lowest BCUT2D eigenvalue weighted by Gasteiger charge is -2.36. The second-order valence-corrected chi connectivity index (χ2v) is 8.07. The number of amides is 1. The van der Waals surface area contributed by atoms with Gasteiger partial charge >= 0.3 is 0 Å². The number of hydrogen-bond acceptors (Lipinski definition) is 5. The number of nitrogens with zero attached hydrogens (tertiary/aromatic N) is 2. The topological polar surface area (TPSA) is 80.4 Å². The number of hydrogen-bond donors (Lipinski definition) is 2. The van der Waals surface area contributed by atoms with E-state index in [4.69, 9.17) is 5.73 Å². The van der Waals surface area contributed by atoms with Crippen LogP contribution >= 0.6 is 11.8 Å². The molecule has 1 fully saturated rings. The van der Waals surface area contributed by atoms with Crippen molar-refractivity contribution in [3.8, 4) is 0 Å². The van der Waals surface area contributed by atoms with Gasteiger partial charge in [0.15, 0.2) is 28.3 Å². The Kier molecular flexibility index (Phi) is 4.97. The number of rotatable bonds is 3. The monoisotopic (exact) mass is 424 g/mol. The molecule has 10 heteroatoms. The van der Waals surface area contributed by atoms with Gasteiger partial charge in [-0.2, -0.15) is 0 Å². The van der Waals surface area contributed by atoms with E-state index < -0.39 is 40.4 Å². The minimum atomic E-state index is -1.17. The van der Waals surface area contributed by atoms with Gasteiger partial charge in [0.25, 0.3) is 5.91 Å². The van der Waals surface area contributed by atoms with Crippen molar-refractivity contribution in [2.24, 2.45) is 16.6 Å². The third-order valence-corrected chi connectivity index (χ3v) is 6.26. The van der Waals surface area contributed by atoms with E-state index in [-0.39, 0.29) is 17.2 Å². The number of nitrogens with one attached hydrogen (secondary N) is 1. The molecule has 2 atom stereocenters. The van der Waals surface area contributed by atoms with Gasteiger partial charge in [0, 0.05) is 29.1 Å². The van der Waals surface area contributed by atoms with Gasteiger partial charge in [0.2, 0.25) is 0 Å². The lowest BCUT2D eigenvalue weighted by Crippen LogP contribution is -2.37. The molecule has 1 aliphatic heterocycles. The maximum Gasteiger partial charge on any atom is 0.277 e. The molecule has 1 aromatic heterocycles. The average molecular weight is 424 g/mol. The smallest absolute Gasteiger partial charge is 0.277 e. The highest BCUT2D eigenvalue weighted by Gasteiger charge is 2.48. The van der Waals surface area contributed by atoms with E-state index in [9.17, 15) is 22.4 Å². The van der Waals surface area contributed by atoms with Gasteiger partial charge in [-0.1, -0.05) is 18.2 Å². The van der Waals surface area contributed by atoms with E-state index in [2.05, 4.69) is 15.3 Å². The molecule has 2 heterocycles. The molecule has 0 unspecified atom stereocenters. The molecule has 1 aromatic carbocycles. The summed E-state index contributed by atoms with van der Waals surface area (Å²) in [6, 6.07) is 2.60. The maximum absolute atomic E-state index is 14.8. The van der Waals surface area contributed by atoms with Gasteiger partial charge < -0.3 is 11.1 Å². The number of aromatic nitrogens is 1. The number of thioether (sulfide) groups is 1. The summed E-state index contributed by atoms with van der Waals surface area (Å²) in [7, 11) is 0. The Hall–Kier alpha value is -2.62. The van der Waals surface area contributed by atoms with Crippen LogP contribution in [0.2, 0.25) is 0 Å². The number of pyridine rings is 1. The average Bonchev–Trinajstić information content (AvgIpc) is 3.08. The summed E-state index contributed by atoms with van der Waals surface area (Å²) in [6.07, 6.45) is 2.77. The lowest BCUT2D eigenvalue weighted by molar-refractivity contribution is 0.101. The molecule has 0 radical (unpaired) electrons. The van der Waals surface area contributed by atoms with Crippen LogP contribution < -0.4 is 11.1 Å². The van der Waals surface area contributed by atoms with E-state index >= 15 is 0 Å². The molecular weight excluding hydrogens is 408 g/mol. The predicted octanol–water partition coefficient (Wildman–Crippen LogP) is 3.95. The first-order chi connectivity index (χ1) is 13.8. The van der Waals surface area contributed by atoms with Gasteiger partial charge in [-0.3, -0.25) is 9.79 Å². The minimum Gasteiger partial charge on any atom is -0.379 e. The fourth-order valence-corrected chi connectivity index (χ4v) is 5.05. The van der Waals surface area contributed by atoms with Crippen LogP contribution in [-0.4, -0.2) is 21.8 Å². The van der Waals surface area contributed by atoms with E-state index in [0.29, 0.717) is 29.6 Å². The van der Waals surface area contributed by atoms with Crippen LogP contribution in [0.5, 0.6) is 0 Å². The number of aliphatic imine (C=N–C) groups is 1. The Morgan fingerprint density at radius 1 is 1.21 bits per heavy atom. The Balaban J connectivity index is 1.73. The number of benzene rings is 1. The highest BCUT2D eigenvalue weighted by Crippen LogP contribution is 2.52. The van der Waals surface area contributed by atoms with Crippen LogP contribution in [0.15, 0.2) is 29.4 Å². The molecule has 1 amide bonds. The van der Waals surface area contributed by atoms with Crippen LogP contribution in [0.1, 0.15) is 35.3 Å². The second kappa shape index (κ2) is 7.33. The summed E-state index contributed by atoms with van der Waals surface area (Å²) >= 11 is 1.37. The first kappa shape index (κ1) is 19.7. The minimum absolute atomic E-state index is 0.00564. The molecule has 2 aliphatic rings. The van der Waals surface area contributed by atoms with Crippen LogP contribution in [0.4, 0.5) is 23.2 Å². The predicted molar refractivity (Wildman–Crippen MR) is 102 cm³/mol. The Morgan fingerprint density at radius 3 is 2.76 bits per heavy atom. The van der Waals surface area contributed by atoms with Gasteiger partial charge in [-0.05, 0) is 24.8 Å². The van der Waals surface area contributed by atoms with Crippen LogP contribution in [-0.2, 0) is 5.54 Å². The standard InChI is InChI=1S/C19H16F4N4OS/c20-10-4-14(22)16(25-7-10)17(28)26-11-5-12(15(23)13(21)6-11)19-3-1-2-9(19)8-29-18(24)27-19/h4-7,9H,1-3,8H2,(H2,24,27)(H,26,28)/t9-,19-/m0/s1. The first-order valence-electron chi connectivity index (χ1n) is 8.90. The number of halogens is 4. The Morgan fingerprint density at radius 2 is 2.00 bits per heavy atom. The second-order valence-electron chi connectivity index (χ2n) is 7.03. The van der Waals surface area contributed by atoms with Gasteiger partial charge in [-0.25, -0.2) is 22.5 Å². The molecule has 5 nitrogen and oxygen atoms in total. The summed E-state index contributed by atoms with van der Waals surface area (Å²) in [5.74, 6) is -4.72. The van der Waals surface area contributed by atoms with Crippen molar-refractivity contribution >= 4 is 28.5 Å². The Labute approximate surface area is 167 Å². The third kappa shape index (κ3) is 3.45. The van der Waals surface area contributed by atoms with Crippen LogP contribution in [0.3, 0.4) is 0 Å². The number of carbonyl (C=O) groups is 1. The number of nitrogens with two attached hydrogens (primary N) is 1. The normalized spacial score (nSPS) is 23.4. The molecule has 4 rings (SSSR count). The summed E-state index contributed by atoms with van der Waals surface area (Å²) in [5.41, 5.74) is 4.13. The number of fused-ring (bicyclic) bond motifs is 1. The van der Waals surface area contributed by atoms with Gasteiger partial charge in [-0.15, -0.1) is 0 Å². The molecular formula is C19H16F4N4OS. The van der Waals surface area contributed by atoms with Gasteiger partial charge in [0.05, 0.1) is 11.7 Å². The molecule has 2 aromatic rings. The van der Waals surface area contributed by atoms with Gasteiger partial charge in [0.1, 0.15) is 5.82 Å². The molecule has 152 valence electrons. The molecule has 3 N–H and O–H groups in total.